The van der Waals surface area contributed by atoms with Crippen LogP contribution in [-0.2, 0) is 5.79 Å². The van der Waals surface area contributed by atoms with Gasteiger partial charge in [0.2, 0.25) is 5.79 Å². The van der Waals surface area contributed by atoms with Gasteiger partial charge in [0.25, 0.3) is 0 Å². The molecule has 0 fully saturated rings. The number of hydrogen-bond donors (Lipinski definition) is 4. The Labute approximate surface area is 131 Å². The van der Waals surface area contributed by atoms with Crippen LogP contribution in [0.3, 0.4) is 0 Å². The molecule has 1 atom stereocenters. The second kappa shape index (κ2) is 5.97. The molecule has 8 heteroatoms. The lowest BCUT2D eigenvalue weighted by atomic mass is 10.0. The summed E-state index contributed by atoms with van der Waals surface area (Å²) in [5.74, 6) is -1.07. The molecule has 0 bridgehead atoms. The maximum Gasteiger partial charge on any atom is 0.206 e. The van der Waals surface area contributed by atoms with Gasteiger partial charge in [-0.1, -0.05) is 23.2 Å². The zero-order chi connectivity index (χ0) is 14.2. The van der Waals surface area contributed by atoms with E-state index in [9.17, 15) is 0 Å². The predicted octanol–water partition coefficient (Wildman–Crippen LogP) is 2.42. The van der Waals surface area contributed by atoms with Crippen molar-refractivity contribution in [2.45, 2.75) is 5.79 Å². The summed E-state index contributed by atoms with van der Waals surface area (Å²) in [7, 11) is 0. The number of nitrogens with one attached hydrogen (secondary N) is 2. The van der Waals surface area contributed by atoms with Gasteiger partial charge in [-0.3, -0.25) is 10.7 Å². The highest BCUT2D eigenvalue weighted by Crippen LogP contribution is 2.37. The van der Waals surface area contributed by atoms with E-state index in [0.717, 1.165) is 11.1 Å². The molecule has 0 saturated heterocycles. The minimum Gasteiger partial charge on any atom is -0.344 e. The summed E-state index contributed by atoms with van der Waals surface area (Å²) in [6, 6.07) is 7.19. The van der Waals surface area contributed by atoms with E-state index in [4.69, 9.17) is 28.9 Å². The van der Waals surface area contributed by atoms with E-state index in [0.29, 0.717) is 15.6 Å². The number of halogens is 2. The average molecular weight is 325 g/mol. The monoisotopic (exact) mass is 324 g/mol. The third-order valence-electron chi connectivity index (χ3n) is 3.05. The summed E-state index contributed by atoms with van der Waals surface area (Å²) in [6.45, 7) is 0. The van der Waals surface area contributed by atoms with E-state index in [-0.39, 0.29) is 6.15 Å². The fourth-order valence-electron chi connectivity index (χ4n) is 2.04. The molecular formula is C13H14Cl2N6. The number of nitrogens with two attached hydrogens (primary N) is 1. The van der Waals surface area contributed by atoms with Gasteiger partial charge in [-0.2, -0.15) is 5.43 Å². The van der Waals surface area contributed by atoms with Crippen molar-refractivity contribution in [3.8, 4) is 11.1 Å². The zero-order valence-electron chi connectivity index (χ0n) is 11.0. The van der Waals surface area contributed by atoms with Crippen LogP contribution in [0.25, 0.3) is 11.1 Å². The molecule has 1 aliphatic heterocycles. The van der Waals surface area contributed by atoms with Crippen molar-refractivity contribution >= 4 is 29.5 Å². The second-order valence-electron chi connectivity index (χ2n) is 4.34. The van der Waals surface area contributed by atoms with Gasteiger partial charge in [0.1, 0.15) is 6.34 Å². The van der Waals surface area contributed by atoms with Gasteiger partial charge in [0, 0.05) is 23.5 Å². The number of benzene rings is 1. The first kappa shape index (κ1) is 15.7. The maximum absolute atomic E-state index is 6.35. The molecule has 3 rings (SSSR count). The highest BCUT2D eigenvalue weighted by Gasteiger charge is 2.30. The normalized spacial score (nSPS) is 20.0. The molecule has 1 aromatic carbocycles. The Kier molecular flexibility index (Phi) is 4.46. The molecule has 1 aromatic heterocycles. The number of pyridine rings is 1. The quantitative estimate of drug-likeness (QED) is 0.678. The van der Waals surface area contributed by atoms with E-state index < -0.39 is 5.79 Å². The Morgan fingerprint density at radius 1 is 1.10 bits per heavy atom. The molecule has 0 aliphatic carbocycles. The fraction of sp³-hybridized carbons (Fsp3) is 0.0769. The van der Waals surface area contributed by atoms with Crippen molar-refractivity contribution in [3.63, 3.8) is 0 Å². The van der Waals surface area contributed by atoms with Crippen LogP contribution < -0.4 is 22.7 Å². The fourth-order valence-corrected chi connectivity index (χ4v) is 2.75. The Morgan fingerprint density at radius 3 is 2.24 bits per heavy atom. The highest BCUT2D eigenvalue weighted by atomic mass is 35.5. The maximum atomic E-state index is 6.35. The first-order valence-corrected chi connectivity index (χ1v) is 6.61. The van der Waals surface area contributed by atoms with Crippen molar-refractivity contribution in [2.24, 2.45) is 10.7 Å². The van der Waals surface area contributed by atoms with Crippen LogP contribution in [0.1, 0.15) is 5.56 Å². The lowest BCUT2D eigenvalue weighted by Gasteiger charge is -2.22. The first-order valence-electron chi connectivity index (χ1n) is 5.85. The Balaban J connectivity index is 0.00000161. The summed E-state index contributed by atoms with van der Waals surface area (Å²) in [5.41, 5.74) is 14.0. The molecule has 0 amide bonds. The average Bonchev–Trinajstić information content (AvgIpc) is 2.87. The minimum absolute atomic E-state index is 0. The number of rotatable bonds is 2. The van der Waals surface area contributed by atoms with Crippen molar-refractivity contribution < 1.29 is 0 Å². The Hall–Kier alpha value is -1.70. The van der Waals surface area contributed by atoms with Crippen molar-refractivity contribution in [3.05, 3.63) is 52.3 Å². The predicted molar refractivity (Wildman–Crippen MR) is 85.3 cm³/mol. The molecule has 1 aliphatic rings. The summed E-state index contributed by atoms with van der Waals surface area (Å²) in [5, 5.41) is 1.01. The summed E-state index contributed by atoms with van der Waals surface area (Å²) < 4.78 is 0. The van der Waals surface area contributed by atoms with Crippen LogP contribution in [-0.4, -0.2) is 11.3 Å². The topological polar surface area (TPSA) is 110 Å². The second-order valence-corrected chi connectivity index (χ2v) is 5.16. The molecule has 0 radical (unpaired) electrons. The zero-order valence-corrected chi connectivity index (χ0v) is 12.5. The molecule has 7 N–H and O–H groups in total. The molecule has 2 aromatic rings. The van der Waals surface area contributed by atoms with Gasteiger partial charge in [0.15, 0.2) is 0 Å². The summed E-state index contributed by atoms with van der Waals surface area (Å²) in [6.07, 6.45) is 4.86. The van der Waals surface area contributed by atoms with Gasteiger partial charge in [-0.15, -0.1) is 0 Å². The van der Waals surface area contributed by atoms with Gasteiger partial charge >= 0.3 is 0 Å². The molecule has 1 unspecified atom stereocenters. The van der Waals surface area contributed by atoms with Gasteiger partial charge in [0.05, 0.1) is 10.0 Å². The molecule has 0 saturated carbocycles. The smallest absolute Gasteiger partial charge is 0.206 e. The lowest BCUT2D eigenvalue weighted by molar-refractivity contribution is 0.375. The van der Waals surface area contributed by atoms with E-state index >= 15 is 0 Å². The molecule has 21 heavy (non-hydrogen) atoms. The van der Waals surface area contributed by atoms with Crippen molar-refractivity contribution in [2.75, 3.05) is 0 Å². The third kappa shape index (κ3) is 2.85. The number of hydrogen-bond acceptors (Lipinski definition) is 6. The minimum atomic E-state index is -1.07. The van der Waals surface area contributed by atoms with Crippen LogP contribution in [0.2, 0.25) is 10.0 Å². The van der Waals surface area contributed by atoms with E-state index in [1.165, 1.54) is 6.34 Å². The number of aliphatic imine (C=N–C) groups is 1. The highest BCUT2D eigenvalue weighted by molar-refractivity contribution is 6.39. The molecular weight excluding hydrogens is 311 g/mol. The van der Waals surface area contributed by atoms with E-state index in [1.807, 2.05) is 12.1 Å². The van der Waals surface area contributed by atoms with Crippen LogP contribution in [0.5, 0.6) is 0 Å². The molecule has 2 heterocycles. The Bertz CT molecular complexity index is 653. The van der Waals surface area contributed by atoms with Crippen LogP contribution in [0.15, 0.2) is 41.7 Å². The molecule has 6 nitrogen and oxygen atoms in total. The number of aromatic nitrogens is 1. The van der Waals surface area contributed by atoms with Crippen molar-refractivity contribution in [1.29, 1.82) is 0 Å². The number of nitrogens with zero attached hydrogens (tertiary/aromatic N) is 2. The Morgan fingerprint density at radius 2 is 1.71 bits per heavy atom. The standard InChI is InChI=1S/C13H11Cl2N5.H3N/c14-10-5-9(13(16)18-7-19-20-13)6-11(15)12(10)8-1-3-17-4-2-8;/h1-7,20H,16H2,(H,18,19);1H3. The van der Waals surface area contributed by atoms with Crippen molar-refractivity contribution in [1.82, 2.24) is 22.0 Å². The van der Waals surface area contributed by atoms with E-state index in [2.05, 4.69) is 20.8 Å². The van der Waals surface area contributed by atoms with Crippen LogP contribution in [0, 0.1) is 0 Å². The SMILES string of the molecule is N.NC1(c2cc(Cl)c(-c3ccncc3)c(Cl)c2)N=CNN1. The first-order chi connectivity index (χ1) is 9.60. The van der Waals surface area contributed by atoms with Gasteiger partial charge < -0.3 is 11.6 Å². The molecule has 0 spiro atoms. The molecule has 110 valence electrons. The van der Waals surface area contributed by atoms with E-state index in [1.54, 1.807) is 24.5 Å². The van der Waals surface area contributed by atoms with Gasteiger partial charge in [-0.25, -0.2) is 4.99 Å². The summed E-state index contributed by atoms with van der Waals surface area (Å²) >= 11 is 12.7. The van der Waals surface area contributed by atoms with Gasteiger partial charge in [-0.05, 0) is 29.8 Å². The largest absolute Gasteiger partial charge is 0.344 e. The lowest BCUT2D eigenvalue weighted by Crippen LogP contribution is -2.49. The summed E-state index contributed by atoms with van der Waals surface area (Å²) in [4.78, 5) is 8.10. The number of hydrazine groups is 1. The van der Waals surface area contributed by atoms with Crippen LogP contribution >= 0.6 is 23.2 Å². The van der Waals surface area contributed by atoms with Crippen LogP contribution in [0.4, 0.5) is 0 Å². The third-order valence-corrected chi connectivity index (χ3v) is 3.64.